The second-order valence-electron chi connectivity index (χ2n) is 4.49. The van der Waals surface area contributed by atoms with E-state index in [4.69, 9.17) is 0 Å². The van der Waals surface area contributed by atoms with Gasteiger partial charge in [-0.05, 0) is 31.0 Å². The highest BCUT2D eigenvalue weighted by molar-refractivity contribution is 5.94. The first kappa shape index (κ1) is 15.2. The van der Waals surface area contributed by atoms with E-state index in [2.05, 4.69) is 10.6 Å². The van der Waals surface area contributed by atoms with E-state index in [1.165, 1.54) is 0 Å². The molecule has 0 saturated carbocycles. The fourth-order valence-electron chi connectivity index (χ4n) is 1.83. The molecule has 0 spiro atoms. The summed E-state index contributed by atoms with van der Waals surface area (Å²) >= 11 is 0. The number of rotatable bonds is 6. The lowest BCUT2D eigenvalue weighted by atomic mass is 10.0. The van der Waals surface area contributed by atoms with E-state index in [1.807, 2.05) is 26.0 Å². The average molecular weight is 262 g/mol. The van der Waals surface area contributed by atoms with Gasteiger partial charge in [0.1, 0.15) is 0 Å². The van der Waals surface area contributed by atoms with Gasteiger partial charge in [0.05, 0.1) is 0 Å². The molecule has 0 heterocycles. The number of hydrogen-bond donors (Lipinski definition) is 2. The lowest BCUT2D eigenvalue weighted by molar-refractivity contribution is -0.120. The summed E-state index contributed by atoms with van der Waals surface area (Å²) < 4.78 is 0. The predicted octanol–water partition coefficient (Wildman–Crippen LogP) is 3.41. The maximum absolute atomic E-state index is 12.0. The van der Waals surface area contributed by atoms with Crippen molar-refractivity contribution in [3.05, 3.63) is 24.3 Å². The quantitative estimate of drug-likeness (QED) is 0.825. The molecule has 0 fully saturated rings. The van der Waals surface area contributed by atoms with Gasteiger partial charge in [-0.15, -0.1) is 0 Å². The smallest absolute Gasteiger partial charge is 0.227 e. The Labute approximate surface area is 114 Å². The molecule has 4 heteroatoms. The van der Waals surface area contributed by atoms with Crippen LogP contribution in [0.4, 0.5) is 11.4 Å². The normalized spacial score (nSPS) is 10.3. The fourth-order valence-corrected chi connectivity index (χ4v) is 1.83. The van der Waals surface area contributed by atoms with Crippen LogP contribution in [0.3, 0.4) is 0 Å². The molecular formula is C15H22N2O2. The topological polar surface area (TPSA) is 58.2 Å². The van der Waals surface area contributed by atoms with Gasteiger partial charge in [0.2, 0.25) is 11.8 Å². The Kier molecular flexibility index (Phi) is 6.06. The zero-order chi connectivity index (χ0) is 14.3. The van der Waals surface area contributed by atoms with E-state index in [9.17, 15) is 9.59 Å². The molecule has 0 radical (unpaired) electrons. The first-order valence-electron chi connectivity index (χ1n) is 6.81. The molecule has 2 amide bonds. The Balaban J connectivity index is 2.71. The van der Waals surface area contributed by atoms with Crippen molar-refractivity contribution >= 4 is 23.2 Å². The Morgan fingerprint density at radius 2 is 1.63 bits per heavy atom. The first-order valence-corrected chi connectivity index (χ1v) is 6.81. The zero-order valence-corrected chi connectivity index (χ0v) is 11.8. The minimum atomic E-state index is -0.0385. The Morgan fingerprint density at radius 3 is 2.16 bits per heavy atom. The highest BCUT2D eigenvalue weighted by Gasteiger charge is 2.14. The molecule has 1 aromatic carbocycles. The minimum absolute atomic E-state index is 0.0315. The highest BCUT2D eigenvalue weighted by Crippen LogP contribution is 2.17. The average Bonchev–Trinajstić information content (AvgIpc) is 2.40. The molecule has 1 rings (SSSR count). The van der Waals surface area contributed by atoms with Crippen LogP contribution >= 0.6 is 0 Å². The van der Waals surface area contributed by atoms with Crippen molar-refractivity contribution in [1.29, 1.82) is 0 Å². The van der Waals surface area contributed by atoms with Crippen molar-refractivity contribution in [2.24, 2.45) is 5.92 Å². The van der Waals surface area contributed by atoms with E-state index in [0.717, 1.165) is 12.8 Å². The van der Waals surface area contributed by atoms with Crippen molar-refractivity contribution in [3.8, 4) is 0 Å². The standard InChI is InChI=1S/C15H22N2O2/c1-4-11(5-2)15(19)17-13-9-7-8-12(10-13)16-14(18)6-3/h7-11H,4-6H2,1-3H3,(H,16,18)(H,17,19). The minimum Gasteiger partial charge on any atom is -0.326 e. The summed E-state index contributed by atoms with van der Waals surface area (Å²) in [6.45, 7) is 5.81. The number of nitrogens with one attached hydrogen (secondary N) is 2. The fraction of sp³-hybridized carbons (Fsp3) is 0.467. The maximum Gasteiger partial charge on any atom is 0.227 e. The van der Waals surface area contributed by atoms with Crippen LogP contribution in [0.5, 0.6) is 0 Å². The number of amides is 2. The third-order valence-electron chi connectivity index (χ3n) is 3.09. The molecule has 19 heavy (non-hydrogen) atoms. The van der Waals surface area contributed by atoms with Gasteiger partial charge in [-0.3, -0.25) is 9.59 Å². The molecule has 1 aromatic rings. The Hall–Kier alpha value is -1.84. The summed E-state index contributed by atoms with van der Waals surface area (Å²) in [4.78, 5) is 23.3. The van der Waals surface area contributed by atoms with Gasteiger partial charge in [-0.1, -0.05) is 26.8 Å². The molecule has 0 aliphatic heterocycles. The Bertz CT molecular complexity index is 440. The molecule has 2 N–H and O–H groups in total. The van der Waals surface area contributed by atoms with Gasteiger partial charge in [0.15, 0.2) is 0 Å². The summed E-state index contributed by atoms with van der Waals surface area (Å²) in [5, 5.41) is 5.66. The van der Waals surface area contributed by atoms with E-state index in [1.54, 1.807) is 19.1 Å². The van der Waals surface area contributed by atoms with Crippen LogP contribution in [-0.4, -0.2) is 11.8 Å². The predicted molar refractivity (Wildman–Crippen MR) is 78.1 cm³/mol. The van der Waals surface area contributed by atoms with Gasteiger partial charge in [0.25, 0.3) is 0 Å². The molecule has 0 atom stereocenters. The number of benzene rings is 1. The van der Waals surface area contributed by atoms with Gasteiger partial charge in [0, 0.05) is 23.7 Å². The van der Waals surface area contributed by atoms with Crippen LogP contribution < -0.4 is 10.6 Å². The number of carbonyl (C=O) groups is 2. The molecule has 0 bridgehead atoms. The number of hydrogen-bond acceptors (Lipinski definition) is 2. The van der Waals surface area contributed by atoms with Gasteiger partial charge >= 0.3 is 0 Å². The molecule has 0 aromatic heterocycles. The zero-order valence-electron chi connectivity index (χ0n) is 11.8. The summed E-state index contributed by atoms with van der Waals surface area (Å²) in [6.07, 6.45) is 2.09. The lowest BCUT2D eigenvalue weighted by Gasteiger charge is -2.13. The third-order valence-corrected chi connectivity index (χ3v) is 3.09. The van der Waals surface area contributed by atoms with Gasteiger partial charge in [-0.25, -0.2) is 0 Å². The lowest BCUT2D eigenvalue weighted by Crippen LogP contribution is -2.21. The summed E-state index contributed by atoms with van der Waals surface area (Å²) in [5.41, 5.74) is 1.42. The van der Waals surface area contributed by atoms with Crippen molar-refractivity contribution in [2.45, 2.75) is 40.0 Å². The second-order valence-corrected chi connectivity index (χ2v) is 4.49. The van der Waals surface area contributed by atoms with Crippen LogP contribution in [0, 0.1) is 5.92 Å². The number of anilines is 2. The Morgan fingerprint density at radius 1 is 1.05 bits per heavy atom. The van der Waals surface area contributed by atoms with Crippen LogP contribution in [0.25, 0.3) is 0 Å². The van der Waals surface area contributed by atoms with Crippen LogP contribution in [-0.2, 0) is 9.59 Å². The molecule has 0 aliphatic rings. The summed E-state index contributed by atoms with van der Waals surface area (Å²) in [5.74, 6) is 0.0290. The van der Waals surface area contributed by atoms with Crippen LogP contribution in [0.2, 0.25) is 0 Å². The number of carbonyl (C=O) groups excluding carboxylic acids is 2. The highest BCUT2D eigenvalue weighted by atomic mass is 16.2. The third kappa shape index (κ3) is 4.73. The van der Waals surface area contributed by atoms with Crippen molar-refractivity contribution in [3.63, 3.8) is 0 Å². The van der Waals surface area contributed by atoms with Crippen LogP contribution in [0.1, 0.15) is 40.0 Å². The maximum atomic E-state index is 12.0. The summed E-state index contributed by atoms with van der Waals surface area (Å²) in [7, 11) is 0. The van der Waals surface area contributed by atoms with E-state index in [-0.39, 0.29) is 17.7 Å². The monoisotopic (exact) mass is 262 g/mol. The molecule has 0 aliphatic carbocycles. The van der Waals surface area contributed by atoms with E-state index in [0.29, 0.717) is 17.8 Å². The SMILES string of the molecule is CCC(=O)Nc1cccc(NC(=O)C(CC)CC)c1. The molecule has 4 nitrogen and oxygen atoms in total. The van der Waals surface area contributed by atoms with Crippen molar-refractivity contribution < 1.29 is 9.59 Å². The molecule has 0 unspecified atom stereocenters. The second kappa shape index (κ2) is 7.56. The van der Waals surface area contributed by atoms with Gasteiger partial charge in [-0.2, -0.15) is 0 Å². The van der Waals surface area contributed by atoms with Crippen LogP contribution in [0.15, 0.2) is 24.3 Å². The molecule has 104 valence electrons. The van der Waals surface area contributed by atoms with Crippen molar-refractivity contribution in [2.75, 3.05) is 10.6 Å². The van der Waals surface area contributed by atoms with Crippen molar-refractivity contribution in [1.82, 2.24) is 0 Å². The first-order chi connectivity index (χ1) is 9.10. The van der Waals surface area contributed by atoms with E-state index < -0.39 is 0 Å². The summed E-state index contributed by atoms with van der Waals surface area (Å²) in [6, 6.07) is 7.21. The molecular weight excluding hydrogens is 240 g/mol. The van der Waals surface area contributed by atoms with E-state index >= 15 is 0 Å². The molecule has 0 saturated heterocycles. The largest absolute Gasteiger partial charge is 0.326 e. The van der Waals surface area contributed by atoms with Gasteiger partial charge < -0.3 is 10.6 Å².